The van der Waals surface area contributed by atoms with E-state index in [4.69, 9.17) is 9.97 Å². The van der Waals surface area contributed by atoms with Crippen LogP contribution in [0.25, 0.3) is 111 Å². The van der Waals surface area contributed by atoms with Crippen molar-refractivity contribution in [1.29, 1.82) is 0 Å². The molecule has 10 aromatic carbocycles. The average Bonchev–Trinajstić information content (AvgIpc) is 3.34. The predicted octanol–water partition coefficient (Wildman–Crippen LogP) is 15.6. The van der Waals surface area contributed by atoms with Gasteiger partial charge in [0.2, 0.25) is 0 Å². The van der Waals surface area contributed by atoms with E-state index in [1.165, 1.54) is 55.3 Å². The van der Waals surface area contributed by atoms with Crippen LogP contribution in [0, 0.1) is 0 Å². The van der Waals surface area contributed by atoms with Gasteiger partial charge in [-0.05, 0) is 120 Å². The van der Waals surface area contributed by atoms with Gasteiger partial charge in [0.15, 0.2) is 0 Å². The fourth-order valence-corrected chi connectivity index (χ4v) is 8.64. The molecule has 2 heteroatoms. The Morgan fingerprint density at radius 3 is 0.967 bits per heavy atom. The minimum absolute atomic E-state index is 0.855. The van der Waals surface area contributed by atoms with E-state index in [1.54, 1.807) is 0 Å². The summed E-state index contributed by atoms with van der Waals surface area (Å²) < 4.78 is 0. The minimum Gasteiger partial charge on any atom is -0.252 e. The Labute approximate surface area is 349 Å². The van der Waals surface area contributed by atoms with Gasteiger partial charge in [0.05, 0.1) is 22.9 Å². The molecule has 0 unspecified atom stereocenters. The lowest BCUT2D eigenvalue weighted by atomic mass is 9.90. The Morgan fingerprint density at radius 2 is 0.517 bits per heavy atom. The Bertz CT molecular complexity index is 3230. The zero-order valence-corrected chi connectivity index (χ0v) is 32.8. The second-order valence-electron chi connectivity index (χ2n) is 15.4. The largest absolute Gasteiger partial charge is 0.252 e. The first-order valence-corrected chi connectivity index (χ1v) is 20.5. The Hall–Kier alpha value is -7.94. The maximum atomic E-state index is 5.29. The summed E-state index contributed by atoms with van der Waals surface area (Å²) in [5.74, 6) is 0. The highest BCUT2D eigenvalue weighted by atomic mass is 14.8. The summed E-state index contributed by atoms with van der Waals surface area (Å²) in [6.07, 6.45) is 1.92. The molecular formula is C58H38N2. The number of aromatic nitrogens is 2. The van der Waals surface area contributed by atoms with E-state index in [-0.39, 0.29) is 0 Å². The van der Waals surface area contributed by atoms with Crippen molar-refractivity contribution in [2.45, 2.75) is 0 Å². The van der Waals surface area contributed by atoms with Crippen molar-refractivity contribution in [2.24, 2.45) is 0 Å². The quantitative estimate of drug-likeness (QED) is 0.151. The molecule has 11 aromatic rings. The van der Waals surface area contributed by atoms with Crippen LogP contribution in [-0.4, -0.2) is 9.97 Å². The minimum atomic E-state index is 0.855. The van der Waals surface area contributed by atoms with Crippen molar-refractivity contribution in [2.75, 3.05) is 0 Å². The third-order valence-corrected chi connectivity index (χ3v) is 11.7. The van der Waals surface area contributed by atoms with Crippen molar-refractivity contribution in [3.05, 3.63) is 231 Å². The molecule has 0 amide bonds. The van der Waals surface area contributed by atoms with Crippen molar-refractivity contribution in [1.82, 2.24) is 9.97 Å². The van der Waals surface area contributed by atoms with Crippen LogP contribution in [0.1, 0.15) is 0 Å². The third kappa shape index (κ3) is 6.61. The molecule has 11 rings (SSSR count). The highest BCUT2D eigenvalue weighted by Crippen LogP contribution is 2.38. The molecule has 0 aliphatic heterocycles. The van der Waals surface area contributed by atoms with Gasteiger partial charge in [-0.1, -0.05) is 182 Å². The normalized spacial score (nSPS) is 11.3. The van der Waals surface area contributed by atoms with E-state index in [1.807, 2.05) is 6.20 Å². The summed E-state index contributed by atoms with van der Waals surface area (Å²) in [6, 6.07) is 80.6. The van der Waals surface area contributed by atoms with E-state index < -0.39 is 0 Å². The molecule has 0 fully saturated rings. The number of rotatable bonds is 7. The van der Waals surface area contributed by atoms with E-state index in [0.717, 1.165) is 55.3 Å². The average molecular weight is 763 g/mol. The first-order valence-electron chi connectivity index (χ1n) is 20.5. The lowest BCUT2D eigenvalue weighted by Crippen LogP contribution is -1.92. The molecule has 0 radical (unpaired) electrons. The molecule has 60 heavy (non-hydrogen) atoms. The van der Waals surface area contributed by atoms with E-state index in [2.05, 4.69) is 224 Å². The molecule has 0 saturated carbocycles. The molecule has 0 N–H and O–H groups in total. The van der Waals surface area contributed by atoms with Gasteiger partial charge in [-0.3, -0.25) is 4.98 Å². The van der Waals surface area contributed by atoms with Crippen molar-refractivity contribution >= 4 is 32.6 Å². The van der Waals surface area contributed by atoms with Crippen LogP contribution in [0.3, 0.4) is 0 Å². The van der Waals surface area contributed by atoms with Gasteiger partial charge in [0.1, 0.15) is 0 Å². The van der Waals surface area contributed by atoms with Gasteiger partial charge in [0.25, 0.3) is 0 Å². The second kappa shape index (κ2) is 15.1. The molecule has 0 spiro atoms. The zero-order valence-electron chi connectivity index (χ0n) is 32.8. The summed E-state index contributed by atoms with van der Waals surface area (Å²) in [5.41, 5.74) is 17.8. The molecule has 0 bridgehead atoms. The Balaban J connectivity index is 1.01. The summed E-state index contributed by atoms with van der Waals surface area (Å²) in [4.78, 5) is 10.3. The lowest BCUT2D eigenvalue weighted by Gasteiger charge is -2.14. The molecule has 0 aliphatic rings. The molecule has 280 valence electrons. The highest BCUT2D eigenvalue weighted by molar-refractivity contribution is 6.23. The Morgan fingerprint density at radius 1 is 0.217 bits per heavy atom. The van der Waals surface area contributed by atoms with Gasteiger partial charge >= 0.3 is 0 Å². The standard InChI is InChI=1S/C58H38N2/c1-3-15-39(16-4-1)41-19-11-23-45(31-41)49-35-50(46-24-12-20-42(32-46)40-17-5-2-6-18-40)37-51(36-49)47-25-13-21-43(33-47)44-22-14-26-48(34-44)56-38-59-57-54-29-9-7-27-52(54)53-28-8-10-30-55(53)58(57)60-56/h1-38H. The van der Waals surface area contributed by atoms with Crippen LogP contribution >= 0.6 is 0 Å². The number of nitrogens with zero attached hydrogens (tertiary/aromatic N) is 2. The number of hydrogen-bond donors (Lipinski definition) is 0. The Kier molecular flexibility index (Phi) is 8.87. The van der Waals surface area contributed by atoms with E-state index in [9.17, 15) is 0 Å². The summed E-state index contributed by atoms with van der Waals surface area (Å²) in [6.45, 7) is 0. The molecular weight excluding hydrogens is 725 g/mol. The number of benzene rings is 10. The van der Waals surface area contributed by atoms with Gasteiger partial charge < -0.3 is 0 Å². The predicted molar refractivity (Wildman–Crippen MR) is 253 cm³/mol. The van der Waals surface area contributed by atoms with E-state index >= 15 is 0 Å². The van der Waals surface area contributed by atoms with E-state index in [0.29, 0.717) is 0 Å². The second-order valence-corrected chi connectivity index (χ2v) is 15.4. The number of fused-ring (bicyclic) bond motifs is 6. The fourth-order valence-electron chi connectivity index (χ4n) is 8.64. The fraction of sp³-hybridized carbons (Fsp3) is 0. The highest BCUT2D eigenvalue weighted by Gasteiger charge is 2.14. The maximum Gasteiger partial charge on any atom is 0.0979 e. The first-order chi connectivity index (χ1) is 29.7. The molecule has 1 heterocycles. The van der Waals surface area contributed by atoms with Crippen molar-refractivity contribution < 1.29 is 0 Å². The van der Waals surface area contributed by atoms with Gasteiger partial charge in [-0.25, -0.2) is 4.98 Å². The zero-order chi connectivity index (χ0) is 39.8. The molecule has 1 aromatic heterocycles. The summed E-state index contributed by atoms with van der Waals surface area (Å²) in [5, 5.41) is 4.63. The smallest absolute Gasteiger partial charge is 0.0979 e. The molecule has 0 atom stereocenters. The van der Waals surface area contributed by atoms with Crippen LogP contribution in [0.15, 0.2) is 231 Å². The van der Waals surface area contributed by atoms with Gasteiger partial charge in [0, 0.05) is 16.3 Å². The molecule has 2 nitrogen and oxygen atoms in total. The van der Waals surface area contributed by atoms with Gasteiger partial charge in [-0.15, -0.1) is 0 Å². The van der Waals surface area contributed by atoms with Crippen LogP contribution in [0.2, 0.25) is 0 Å². The van der Waals surface area contributed by atoms with Crippen molar-refractivity contribution in [3.63, 3.8) is 0 Å². The SMILES string of the molecule is c1ccc(-c2cccc(-c3cc(-c4cccc(-c5ccccc5)c4)cc(-c4cccc(-c5cccc(-c6cnc7c8ccccc8c8ccccc8c7n6)c5)c4)c3)c2)cc1. The lowest BCUT2D eigenvalue weighted by molar-refractivity contribution is 1.31. The summed E-state index contributed by atoms with van der Waals surface area (Å²) in [7, 11) is 0. The van der Waals surface area contributed by atoms with Gasteiger partial charge in [-0.2, -0.15) is 0 Å². The molecule has 0 aliphatic carbocycles. The van der Waals surface area contributed by atoms with Crippen LogP contribution < -0.4 is 0 Å². The maximum absolute atomic E-state index is 5.29. The van der Waals surface area contributed by atoms with Crippen LogP contribution in [0.4, 0.5) is 0 Å². The van der Waals surface area contributed by atoms with Crippen molar-refractivity contribution in [3.8, 4) is 78.0 Å². The first kappa shape index (κ1) is 35.2. The molecule has 0 saturated heterocycles. The third-order valence-electron chi connectivity index (χ3n) is 11.7. The monoisotopic (exact) mass is 762 g/mol. The number of hydrogen-bond acceptors (Lipinski definition) is 2. The van der Waals surface area contributed by atoms with Crippen LogP contribution in [0.5, 0.6) is 0 Å². The summed E-state index contributed by atoms with van der Waals surface area (Å²) >= 11 is 0. The topological polar surface area (TPSA) is 25.8 Å². The van der Waals surface area contributed by atoms with Crippen LogP contribution in [-0.2, 0) is 0 Å².